The molecule has 146 valence electrons. The van der Waals surface area contributed by atoms with Crippen LogP contribution >= 0.6 is 0 Å². The third kappa shape index (κ3) is 4.25. The number of benzene rings is 2. The minimum atomic E-state index is -0.457. The van der Waals surface area contributed by atoms with Gasteiger partial charge in [-0.05, 0) is 25.0 Å². The Morgan fingerprint density at radius 2 is 1.76 bits per heavy atom. The Balaban J connectivity index is 1.96. The van der Waals surface area contributed by atoms with Crippen LogP contribution in [0, 0.1) is 18.3 Å². The fourth-order valence-electron chi connectivity index (χ4n) is 3.10. The van der Waals surface area contributed by atoms with Crippen LogP contribution in [0.3, 0.4) is 0 Å². The van der Waals surface area contributed by atoms with Crippen LogP contribution in [0.5, 0.6) is 0 Å². The van der Waals surface area contributed by atoms with Crippen molar-refractivity contribution in [2.24, 2.45) is 4.99 Å². The van der Waals surface area contributed by atoms with Crippen LogP contribution in [0.1, 0.15) is 46.8 Å². The van der Waals surface area contributed by atoms with E-state index in [-0.39, 0.29) is 17.2 Å². The zero-order chi connectivity index (χ0) is 20.8. The highest BCUT2D eigenvalue weighted by Crippen LogP contribution is 2.30. The van der Waals surface area contributed by atoms with E-state index in [1.54, 1.807) is 18.2 Å². The molecule has 2 N–H and O–H groups in total. The number of nitrogens with zero attached hydrogens (tertiary/aromatic N) is 2. The number of unbranched alkanes of at least 4 members (excludes halogenated alkanes) is 1. The van der Waals surface area contributed by atoms with E-state index in [9.17, 15) is 14.9 Å². The van der Waals surface area contributed by atoms with Crippen LogP contribution in [0.15, 0.2) is 59.1 Å². The van der Waals surface area contributed by atoms with Crippen molar-refractivity contribution >= 4 is 23.3 Å². The second-order valence-electron chi connectivity index (χ2n) is 6.72. The van der Waals surface area contributed by atoms with E-state index in [0.29, 0.717) is 29.1 Å². The molecule has 6 nitrogen and oxygen atoms in total. The van der Waals surface area contributed by atoms with Crippen molar-refractivity contribution in [3.05, 3.63) is 76.4 Å². The maximum atomic E-state index is 12.7. The van der Waals surface area contributed by atoms with Gasteiger partial charge in [0.2, 0.25) is 0 Å². The third-order valence-corrected chi connectivity index (χ3v) is 4.67. The lowest BCUT2D eigenvalue weighted by Crippen LogP contribution is -2.30. The molecule has 6 heteroatoms. The highest BCUT2D eigenvalue weighted by Gasteiger charge is 2.27. The van der Waals surface area contributed by atoms with Gasteiger partial charge in [0.05, 0.1) is 5.70 Å². The van der Waals surface area contributed by atoms with Gasteiger partial charge in [0.25, 0.3) is 11.8 Å². The molecule has 0 unspecified atom stereocenters. The zero-order valence-electron chi connectivity index (χ0n) is 16.5. The van der Waals surface area contributed by atoms with E-state index in [1.807, 2.05) is 50.2 Å². The van der Waals surface area contributed by atoms with Crippen molar-refractivity contribution in [1.29, 1.82) is 5.26 Å². The molecule has 0 saturated carbocycles. The van der Waals surface area contributed by atoms with Crippen molar-refractivity contribution in [1.82, 2.24) is 10.6 Å². The van der Waals surface area contributed by atoms with Gasteiger partial charge in [-0.15, -0.1) is 0 Å². The number of aryl methyl sites for hydroxylation is 1. The number of hydrogen-bond acceptors (Lipinski definition) is 4. The summed E-state index contributed by atoms with van der Waals surface area (Å²) >= 11 is 0. The number of nitrogens with one attached hydrogen (secondary N) is 2. The Morgan fingerprint density at radius 1 is 1.07 bits per heavy atom. The molecule has 3 rings (SSSR count). The molecule has 1 heterocycles. The van der Waals surface area contributed by atoms with Crippen LogP contribution in [-0.2, 0) is 4.79 Å². The molecular formula is C23H22N4O2. The van der Waals surface area contributed by atoms with Crippen LogP contribution in [0.2, 0.25) is 0 Å². The Hall–Kier alpha value is -3.72. The standard InChI is InChI=1S/C23H22N4O2/c1-3-4-13-25-22(28)19(14-24)20-17-11-7-8-12-18(17)21(26-20)27-23(29)16-10-6-5-9-15(16)2/h5-12H,3-4,13H2,1-2H3,(H,25,28)(H,26,27,29). The molecule has 2 aromatic rings. The van der Waals surface area contributed by atoms with Crippen LogP contribution in [-0.4, -0.2) is 24.2 Å². The summed E-state index contributed by atoms with van der Waals surface area (Å²) in [5.41, 5.74) is 2.93. The molecule has 1 aliphatic rings. The quantitative estimate of drug-likeness (QED) is 0.469. The lowest BCUT2D eigenvalue weighted by atomic mass is 10.0. The van der Waals surface area contributed by atoms with Crippen LogP contribution in [0.4, 0.5) is 0 Å². The minimum Gasteiger partial charge on any atom is -0.351 e. The van der Waals surface area contributed by atoms with Crippen LogP contribution < -0.4 is 10.6 Å². The Morgan fingerprint density at radius 3 is 2.45 bits per heavy atom. The fraction of sp³-hybridized carbons (Fsp3) is 0.217. The maximum absolute atomic E-state index is 12.7. The molecule has 0 bridgehead atoms. The normalized spacial score (nSPS) is 13.8. The smallest absolute Gasteiger partial charge is 0.264 e. The van der Waals surface area contributed by atoms with Crippen molar-refractivity contribution in [3.63, 3.8) is 0 Å². The SMILES string of the molecule is CCCCNC(=O)C(C#N)=C1N=C(NC(=O)c2ccccc2C)c2ccccc21. The molecule has 1 aliphatic heterocycles. The fourth-order valence-corrected chi connectivity index (χ4v) is 3.10. The number of rotatable bonds is 5. The number of aliphatic imine (C=N–C) groups is 1. The maximum Gasteiger partial charge on any atom is 0.264 e. The first-order valence-corrected chi connectivity index (χ1v) is 9.54. The van der Waals surface area contributed by atoms with E-state index in [0.717, 1.165) is 18.4 Å². The Labute approximate surface area is 170 Å². The van der Waals surface area contributed by atoms with Crippen molar-refractivity contribution in [3.8, 4) is 6.07 Å². The molecule has 29 heavy (non-hydrogen) atoms. The van der Waals surface area contributed by atoms with Gasteiger partial charge in [0.1, 0.15) is 17.5 Å². The molecule has 0 aromatic heterocycles. The summed E-state index contributed by atoms with van der Waals surface area (Å²) in [7, 11) is 0. The average molecular weight is 386 g/mol. The van der Waals surface area contributed by atoms with Gasteiger partial charge in [0, 0.05) is 23.2 Å². The van der Waals surface area contributed by atoms with E-state index in [2.05, 4.69) is 15.6 Å². The summed E-state index contributed by atoms with van der Waals surface area (Å²) < 4.78 is 0. The highest BCUT2D eigenvalue weighted by molar-refractivity contribution is 6.20. The van der Waals surface area contributed by atoms with Gasteiger partial charge in [-0.25, -0.2) is 4.99 Å². The van der Waals surface area contributed by atoms with E-state index in [1.165, 1.54) is 0 Å². The van der Waals surface area contributed by atoms with E-state index >= 15 is 0 Å². The first-order valence-electron chi connectivity index (χ1n) is 9.54. The van der Waals surface area contributed by atoms with E-state index < -0.39 is 5.91 Å². The van der Waals surface area contributed by atoms with Gasteiger partial charge in [-0.1, -0.05) is 55.8 Å². The Bertz CT molecular complexity index is 1060. The minimum absolute atomic E-state index is 0.0614. The van der Waals surface area contributed by atoms with Gasteiger partial charge >= 0.3 is 0 Å². The monoisotopic (exact) mass is 386 g/mol. The molecular weight excluding hydrogens is 364 g/mol. The van der Waals surface area contributed by atoms with E-state index in [4.69, 9.17) is 0 Å². The zero-order valence-corrected chi connectivity index (χ0v) is 16.5. The second-order valence-corrected chi connectivity index (χ2v) is 6.72. The lowest BCUT2D eigenvalue weighted by Gasteiger charge is -2.08. The summed E-state index contributed by atoms with van der Waals surface area (Å²) in [5, 5.41) is 15.2. The molecule has 0 saturated heterocycles. The summed E-state index contributed by atoms with van der Waals surface area (Å²) in [6.45, 7) is 4.38. The number of carbonyl (C=O) groups excluding carboxylic acids is 2. The number of hydrogen-bond donors (Lipinski definition) is 2. The van der Waals surface area contributed by atoms with Crippen LogP contribution in [0.25, 0.3) is 5.70 Å². The number of carbonyl (C=O) groups is 2. The van der Waals surface area contributed by atoms with Crippen molar-refractivity contribution in [2.45, 2.75) is 26.7 Å². The van der Waals surface area contributed by atoms with Gasteiger partial charge in [-0.3, -0.25) is 9.59 Å². The lowest BCUT2D eigenvalue weighted by molar-refractivity contribution is -0.117. The van der Waals surface area contributed by atoms with Gasteiger partial charge in [-0.2, -0.15) is 5.26 Å². The number of amidine groups is 1. The predicted octanol–water partition coefficient (Wildman–Crippen LogP) is 3.34. The predicted molar refractivity (Wildman–Crippen MR) is 112 cm³/mol. The van der Waals surface area contributed by atoms with Crippen molar-refractivity contribution in [2.75, 3.05) is 6.54 Å². The molecule has 2 amide bonds. The van der Waals surface area contributed by atoms with Crippen molar-refractivity contribution < 1.29 is 9.59 Å². The van der Waals surface area contributed by atoms with Gasteiger partial charge in [0.15, 0.2) is 0 Å². The van der Waals surface area contributed by atoms with Gasteiger partial charge < -0.3 is 10.6 Å². The molecule has 0 fully saturated rings. The topological polar surface area (TPSA) is 94.3 Å². The molecule has 0 spiro atoms. The summed E-state index contributed by atoms with van der Waals surface area (Å²) in [4.78, 5) is 29.7. The summed E-state index contributed by atoms with van der Waals surface area (Å²) in [5.74, 6) is -0.414. The first-order chi connectivity index (χ1) is 14.1. The number of fused-ring (bicyclic) bond motifs is 1. The second kappa shape index (κ2) is 8.98. The average Bonchev–Trinajstić information content (AvgIpc) is 3.07. The number of amides is 2. The molecule has 0 radical (unpaired) electrons. The highest BCUT2D eigenvalue weighted by atomic mass is 16.2. The third-order valence-electron chi connectivity index (χ3n) is 4.67. The number of nitriles is 1. The summed E-state index contributed by atoms with van der Waals surface area (Å²) in [6, 6.07) is 16.5. The largest absolute Gasteiger partial charge is 0.351 e. The Kier molecular flexibility index (Phi) is 6.20. The first kappa shape index (κ1) is 20.0. The molecule has 0 aliphatic carbocycles. The summed E-state index contributed by atoms with van der Waals surface area (Å²) in [6.07, 6.45) is 1.77. The molecule has 2 aromatic carbocycles. The molecule has 0 atom stereocenters.